The molecule has 0 spiro atoms. The summed E-state index contributed by atoms with van der Waals surface area (Å²) >= 11 is 1.09. The summed E-state index contributed by atoms with van der Waals surface area (Å²) in [5, 5.41) is 11.5. The summed E-state index contributed by atoms with van der Waals surface area (Å²) in [6, 6.07) is 6.61. The minimum atomic E-state index is -1.09. The van der Waals surface area contributed by atoms with Crippen LogP contribution in [0.3, 0.4) is 0 Å². The van der Waals surface area contributed by atoms with Gasteiger partial charge < -0.3 is 10.4 Å². The molecule has 0 bridgehead atoms. The number of aryl methyl sites for hydroxylation is 1. The third kappa shape index (κ3) is 2.97. The maximum atomic E-state index is 12.7. The maximum absolute atomic E-state index is 12.7. The summed E-state index contributed by atoms with van der Waals surface area (Å²) in [7, 11) is 0. The highest BCUT2D eigenvalue weighted by Gasteiger charge is 2.16. The van der Waals surface area contributed by atoms with Gasteiger partial charge in [0.05, 0.1) is 5.69 Å². The summed E-state index contributed by atoms with van der Waals surface area (Å²) in [4.78, 5) is 23.8. The van der Waals surface area contributed by atoms with Crippen molar-refractivity contribution in [1.29, 1.82) is 0 Å². The lowest BCUT2D eigenvalue weighted by atomic mass is 10.2. The number of hydrogen-bond donors (Lipinski definition) is 2. The highest BCUT2D eigenvalue weighted by Crippen LogP contribution is 2.27. The van der Waals surface area contributed by atoms with Crippen molar-refractivity contribution in [2.75, 3.05) is 5.32 Å². The summed E-state index contributed by atoms with van der Waals surface area (Å²) < 4.78 is 12.7. The number of rotatable bonds is 3. The van der Waals surface area contributed by atoms with Crippen LogP contribution in [0.25, 0.3) is 0 Å². The van der Waals surface area contributed by atoms with Crippen LogP contribution in [0.1, 0.15) is 24.9 Å². The molecule has 6 heteroatoms. The van der Waals surface area contributed by atoms with Gasteiger partial charge in [0.2, 0.25) is 0 Å². The van der Waals surface area contributed by atoms with Gasteiger partial charge in [-0.2, -0.15) is 0 Å². The molecule has 0 saturated carbocycles. The Hall–Kier alpha value is -2.21. The Kier molecular flexibility index (Phi) is 3.62. The lowest BCUT2D eigenvalue weighted by Crippen LogP contribution is -2.13. The first-order valence-electron chi connectivity index (χ1n) is 5.38. The minimum Gasteiger partial charge on any atom is -0.477 e. The average Bonchev–Trinajstić information content (AvgIpc) is 2.71. The fourth-order valence-corrected chi connectivity index (χ4v) is 2.37. The second-order valence-electron chi connectivity index (χ2n) is 3.87. The van der Waals surface area contributed by atoms with Crippen LogP contribution in [0, 0.1) is 12.7 Å². The van der Waals surface area contributed by atoms with E-state index in [4.69, 9.17) is 5.11 Å². The molecule has 2 N–H and O–H groups in total. The second-order valence-corrected chi connectivity index (χ2v) is 5.12. The van der Waals surface area contributed by atoms with E-state index in [2.05, 4.69) is 5.32 Å². The Labute approximate surface area is 112 Å². The zero-order valence-electron chi connectivity index (χ0n) is 9.94. The van der Waals surface area contributed by atoms with Crippen LogP contribution < -0.4 is 5.32 Å². The first-order valence-corrected chi connectivity index (χ1v) is 6.19. The molecule has 2 rings (SSSR count). The molecule has 4 nitrogen and oxygen atoms in total. The molecule has 0 fully saturated rings. The van der Waals surface area contributed by atoms with Gasteiger partial charge >= 0.3 is 5.97 Å². The van der Waals surface area contributed by atoms with Gasteiger partial charge in [-0.25, -0.2) is 9.18 Å². The predicted octanol–water partition coefficient (Wildman–Crippen LogP) is 3.15. The lowest BCUT2D eigenvalue weighted by Gasteiger charge is -2.04. The van der Waals surface area contributed by atoms with Crippen molar-refractivity contribution in [2.24, 2.45) is 0 Å². The fourth-order valence-electron chi connectivity index (χ4n) is 1.56. The monoisotopic (exact) mass is 279 g/mol. The molecule has 19 heavy (non-hydrogen) atoms. The fraction of sp³-hybridized carbons (Fsp3) is 0.0769. The van der Waals surface area contributed by atoms with Crippen LogP contribution in [0.4, 0.5) is 10.1 Å². The number of hydrogen-bond acceptors (Lipinski definition) is 3. The van der Waals surface area contributed by atoms with Crippen LogP contribution in [0.15, 0.2) is 30.3 Å². The van der Waals surface area contributed by atoms with Gasteiger partial charge in [0.1, 0.15) is 10.7 Å². The van der Waals surface area contributed by atoms with E-state index in [0.717, 1.165) is 16.2 Å². The van der Waals surface area contributed by atoms with E-state index in [9.17, 15) is 14.0 Å². The quantitative estimate of drug-likeness (QED) is 0.907. The summed E-state index contributed by atoms with van der Waals surface area (Å²) in [6.45, 7) is 1.75. The highest BCUT2D eigenvalue weighted by atomic mass is 32.1. The van der Waals surface area contributed by atoms with Crippen molar-refractivity contribution in [3.8, 4) is 0 Å². The topological polar surface area (TPSA) is 66.4 Å². The number of carbonyl (C=O) groups is 2. The van der Waals surface area contributed by atoms with Crippen molar-refractivity contribution in [2.45, 2.75) is 6.92 Å². The van der Waals surface area contributed by atoms with E-state index in [1.165, 1.54) is 24.3 Å². The minimum absolute atomic E-state index is 0.0768. The Bertz CT molecular complexity index is 634. The number of carbonyl (C=O) groups excluding carboxylic acids is 1. The van der Waals surface area contributed by atoms with E-state index in [-0.39, 0.29) is 16.1 Å². The molecule has 1 amide bonds. The number of benzene rings is 1. The van der Waals surface area contributed by atoms with Crippen LogP contribution in [0.5, 0.6) is 0 Å². The summed E-state index contributed by atoms with van der Waals surface area (Å²) in [5.74, 6) is -2.00. The van der Waals surface area contributed by atoms with Crippen molar-refractivity contribution in [3.63, 3.8) is 0 Å². The van der Waals surface area contributed by atoms with Crippen molar-refractivity contribution >= 4 is 28.9 Å². The van der Waals surface area contributed by atoms with Gasteiger partial charge in [-0.05, 0) is 37.3 Å². The second kappa shape index (κ2) is 5.19. The molecule has 2 aromatic rings. The molecule has 0 aliphatic carbocycles. The van der Waals surface area contributed by atoms with Gasteiger partial charge in [-0.1, -0.05) is 0 Å². The predicted molar refractivity (Wildman–Crippen MR) is 70.4 cm³/mol. The molecule has 0 radical (unpaired) electrons. The van der Waals surface area contributed by atoms with Gasteiger partial charge in [0.25, 0.3) is 5.91 Å². The molecule has 98 valence electrons. The van der Waals surface area contributed by atoms with E-state index < -0.39 is 17.7 Å². The maximum Gasteiger partial charge on any atom is 0.348 e. The Morgan fingerprint density at radius 1 is 1.26 bits per heavy atom. The molecule has 1 aromatic carbocycles. The number of carboxylic acid groups (broad SMARTS) is 1. The molecule has 0 unspecified atom stereocenters. The standard InChI is InChI=1S/C13H10FNO3S/c1-7-6-10(11(19-7)13(17)18)15-12(16)8-2-4-9(14)5-3-8/h2-6H,1H3,(H,15,16)(H,17,18). The summed E-state index contributed by atoms with van der Waals surface area (Å²) in [6.07, 6.45) is 0. The zero-order chi connectivity index (χ0) is 14.0. The van der Waals surface area contributed by atoms with Gasteiger partial charge in [-0.15, -0.1) is 11.3 Å². The summed E-state index contributed by atoms with van der Waals surface area (Å²) in [5.41, 5.74) is 0.519. The Morgan fingerprint density at radius 3 is 2.47 bits per heavy atom. The molecule has 0 aliphatic rings. The number of thiophene rings is 1. The number of aromatic carboxylic acids is 1. The zero-order valence-corrected chi connectivity index (χ0v) is 10.8. The van der Waals surface area contributed by atoms with Gasteiger partial charge in [0.15, 0.2) is 0 Å². The molecular formula is C13H10FNO3S. The first kappa shape index (κ1) is 13.2. The molecule has 0 aliphatic heterocycles. The van der Waals surface area contributed by atoms with E-state index in [1.54, 1.807) is 13.0 Å². The van der Waals surface area contributed by atoms with E-state index in [1.807, 2.05) is 0 Å². The Balaban J connectivity index is 2.24. The van der Waals surface area contributed by atoms with Crippen LogP contribution in [-0.4, -0.2) is 17.0 Å². The van der Waals surface area contributed by atoms with Gasteiger partial charge in [0, 0.05) is 10.4 Å². The molecular weight excluding hydrogens is 269 g/mol. The van der Waals surface area contributed by atoms with Crippen molar-refractivity contribution < 1.29 is 19.1 Å². The smallest absolute Gasteiger partial charge is 0.348 e. The molecule has 1 heterocycles. The van der Waals surface area contributed by atoms with Crippen LogP contribution in [0.2, 0.25) is 0 Å². The first-order chi connectivity index (χ1) is 8.97. The highest BCUT2D eigenvalue weighted by molar-refractivity contribution is 7.14. The largest absolute Gasteiger partial charge is 0.477 e. The van der Waals surface area contributed by atoms with E-state index in [0.29, 0.717) is 0 Å². The number of amides is 1. The van der Waals surface area contributed by atoms with Crippen LogP contribution >= 0.6 is 11.3 Å². The Morgan fingerprint density at radius 2 is 1.89 bits per heavy atom. The van der Waals surface area contributed by atoms with E-state index >= 15 is 0 Å². The molecule has 1 aromatic heterocycles. The normalized spacial score (nSPS) is 10.2. The molecule has 0 atom stereocenters. The van der Waals surface area contributed by atoms with Crippen molar-refractivity contribution in [1.82, 2.24) is 0 Å². The third-order valence-corrected chi connectivity index (χ3v) is 3.44. The van der Waals surface area contributed by atoms with Gasteiger partial charge in [-0.3, -0.25) is 4.79 Å². The number of anilines is 1. The SMILES string of the molecule is Cc1cc(NC(=O)c2ccc(F)cc2)c(C(=O)O)s1. The average molecular weight is 279 g/mol. The number of halogens is 1. The van der Waals surface area contributed by atoms with Crippen LogP contribution in [-0.2, 0) is 0 Å². The lowest BCUT2D eigenvalue weighted by molar-refractivity contribution is 0.0703. The number of carboxylic acids is 1. The number of nitrogens with one attached hydrogen (secondary N) is 1. The third-order valence-electron chi connectivity index (χ3n) is 2.40. The van der Waals surface area contributed by atoms with Crippen molar-refractivity contribution in [3.05, 3.63) is 51.5 Å². The molecule has 0 saturated heterocycles.